The van der Waals surface area contributed by atoms with Crippen LogP contribution in [0, 0.1) is 0 Å². The van der Waals surface area contributed by atoms with Crippen molar-refractivity contribution in [1.29, 1.82) is 0 Å². The fourth-order valence-electron chi connectivity index (χ4n) is 5.66. The molecule has 3 aromatic heterocycles. The number of benzene rings is 1. The normalized spacial score (nSPS) is 16.8. The molecule has 0 atom stereocenters. The van der Waals surface area contributed by atoms with E-state index < -0.39 is 6.09 Å². The summed E-state index contributed by atoms with van der Waals surface area (Å²) in [5.41, 5.74) is 13.2. The minimum Gasteiger partial charge on any atom is -0.465 e. The number of piperidine rings is 1. The van der Waals surface area contributed by atoms with E-state index in [0.29, 0.717) is 5.82 Å². The predicted molar refractivity (Wildman–Crippen MR) is 152 cm³/mol. The van der Waals surface area contributed by atoms with Gasteiger partial charge in [0.15, 0.2) is 11.5 Å². The van der Waals surface area contributed by atoms with Crippen molar-refractivity contribution < 1.29 is 9.90 Å². The molecule has 0 bridgehead atoms. The maximum Gasteiger partial charge on any atom is 0.404 e. The first-order valence-corrected chi connectivity index (χ1v) is 13.7. The van der Waals surface area contributed by atoms with Crippen LogP contribution in [-0.4, -0.2) is 54.8 Å². The summed E-state index contributed by atoms with van der Waals surface area (Å²) in [4.78, 5) is 27.7. The Bertz CT molecular complexity index is 1520. The molecule has 1 fully saturated rings. The molecule has 39 heavy (non-hydrogen) atoms. The number of fused-ring (bicyclic) bond motifs is 1. The average Bonchev–Trinajstić information content (AvgIpc) is 3.33. The second kappa shape index (κ2) is 10.9. The summed E-state index contributed by atoms with van der Waals surface area (Å²) < 4.78 is 2.09. The summed E-state index contributed by atoms with van der Waals surface area (Å²) in [5.74, 6) is 1.15. The van der Waals surface area contributed by atoms with Crippen molar-refractivity contribution >= 4 is 28.6 Å². The van der Waals surface area contributed by atoms with Crippen LogP contribution >= 0.6 is 0 Å². The first-order valence-electron chi connectivity index (χ1n) is 13.7. The lowest BCUT2D eigenvalue weighted by Gasteiger charge is -2.31. The maximum atomic E-state index is 10.9. The molecule has 9 heteroatoms. The number of hydrogen-bond donors (Lipinski definition) is 3. The lowest BCUT2D eigenvalue weighted by atomic mass is 9.97. The number of nitrogens with one attached hydrogen (secondary N) is 1. The predicted octanol–water partition coefficient (Wildman–Crippen LogP) is 5.25. The second-order valence-corrected chi connectivity index (χ2v) is 10.4. The molecule has 1 aromatic carbocycles. The van der Waals surface area contributed by atoms with Gasteiger partial charge in [0.05, 0.1) is 11.3 Å². The maximum absolute atomic E-state index is 10.9. The van der Waals surface area contributed by atoms with Crippen molar-refractivity contribution in [3.8, 4) is 17.1 Å². The van der Waals surface area contributed by atoms with Crippen molar-refractivity contribution in [3.05, 3.63) is 72.1 Å². The Hall–Kier alpha value is -4.24. The molecular weight excluding hydrogens is 490 g/mol. The molecule has 200 valence electrons. The molecule has 1 amide bonds. The van der Waals surface area contributed by atoms with Gasteiger partial charge < -0.3 is 16.2 Å². The van der Waals surface area contributed by atoms with Gasteiger partial charge in [-0.05, 0) is 86.1 Å². The Morgan fingerprint density at radius 1 is 1.05 bits per heavy atom. The Morgan fingerprint density at radius 3 is 2.59 bits per heavy atom. The van der Waals surface area contributed by atoms with Crippen molar-refractivity contribution in [2.24, 2.45) is 0 Å². The first-order chi connectivity index (χ1) is 19.0. The van der Waals surface area contributed by atoms with Crippen molar-refractivity contribution in [1.82, 2.24) is 29.7 Å². The number of allylic oxidation sites excluding steroid dienone is 2. The van der Waals surface area contributed by atoms with Crippen LogP contribution in [0.3, 0.4) is 0 Å². The van der Waals surface area contributed by atoms with Gasteiger partial charge in [-0.3, -0.25) is 9.47 Å². The summed E-state index contributed by atoms with van der Waals surface area (Å²) in [6, 6.07) is 16.5. The van der Waals surface area contributed by atoms with E-state index in [4.69, 9.17) is 20.8 Å². The Labute approximate surface area is 227 Å². The lowest BCUT2D eigenvalue weighted by molar-refractivity contribution is 0.165. The SMILES string of the molecule is Nc1ncccc1-c1nc2ccc(C3=CCCCC3)nc2n1-c1ccc(CN2CCC(NC(=O)O)CC2)cc1. The van der Waals surface area contributed by atoms with E-state index >= 15 is 0 Å². The van der Waals surface area contributed by atoms with E-state index in [2.05, 4.69) is 62.2 Å². The summed E-state index contributed by atoms with van der Waals surface area (Å²) in [7, 11) is 0. The molecule has 0 saturated carbocycles. The van der Waals surface area contributed by atoms with Crippen LogP contribution in [0.2, 0.25) is 0 Å². The zero-order valence-corrected chi connectivity index (χ0v) is 21.9. The quantitative estimate of drug-likeness (QED) is 0.315. The minimum atomic E-state index is -0.944. The highest BCUT2D eigenvalue weighted by molar-refractivity contribution is 5.84. The number of anilines is 1. The summed E-state index contributed by atoms with van der Waals surface area (Å²) in [6.07, 6.45) is 9.28. The molecule has 0 radical (unpaired) electrons. The zero-order chi connectivity index (χ0) is 26.8. The fourth-order valence-corrected chi connectivity index (χ4v) is 5.66. The Morgan fingerprint density at radius 2 is 1.87 bits per heavy atom. The highest BCUT2D eigenvalue weighted by Gasteiger charge is 2.22. The molecule has 0 spiro atoms. The average molecular weight is 524 g/mol. The van der Waals surface area contributed by atoms with Crippen molar-refractivity contribution in [2.75, 3.05) is 18.8 Å². The standard InChI is InChI=1S/C30H33N7O2/c31-27-24(7-4-16-32-27)28-35-26-13-12-25(21-5-2-1-3-6-21)34-29(26)37(28)23-10-8-20(9-11-23)19-36-17-14-22(15-18-36)33-30(38)39/h4-5,7-13,16,22,33H,1-3,6,14-15,17-19H2,(H2,31,32)(H,38,39). The number of carboxylic acid groups (broad SMARTS) is 1. The van der Waals surface area contributed by atoms with E-state index in [1.54, 1.807) is 6.20 Å². The molecule has 0 unspecified atom stereocenters. The van der Waals surface area contributed by atoms with Gasteiger partial charge in [-0.25, -0.2) is 19.7 Å². The third-order valence-electron chi connectivity index (χ3n) is 7.72. The van der Waals surface area contributed by atoms with Crippen LogP contribution in [0.1, 0.15) is 49.8 Å². The molecule has 4 aromatic rings. The number of hydrogen-bond acceptors (Lipinski definition) is 6. The molecule has 6 rings (SSSR count). The molecule has 4 N–H and O–H groups in total. The van der Waals surface area contributed by atoms with Gasteiger partial charge in [0.2, 0.25) is 0 Å². The first kappa shape index (κ1) is 25.1. The third-order valence-corrected chi connectivity index (χ3v) is 7.72. The molecule has 9 nitrogen and oxygen atoms in total. The molecule has 1 saturated heterocycles. The van der Waals surface area contributed by atoms with Gasteiger partial charge in [-0.1, -0.05) is 18.2 Å². The van der Waals surface area contributed by atoms with E-state index in [-0.39, 0.29) is 6.04 Å². The van der Waals surface area contributed by atoms with Crippen LogP contribution in [0.25, 0.3) is 33.8 Å². The van der Waals surface area contributed by atoms with E-state index in [9.17, 15) is 4.79 Å². The highest BCUT2D eigenvalue weighted by Crippen LogP contribution is 2.32. The molecule has 1 aliphatic carbocycles. The monoisotopic (exact) mass is 523 g/mol. The number of amides is 1. The topological polar surface area (TPSA) is 122 Å². The number of imidazole rings is 1. The largest absolute Gasteiger partial charge is 0.465 e. The number of likely N-dealkylation sites (tertiary alicyclic amines) is 1. The third kappa shape index (κ3) is 5.35. The number of nitrogens with two attached hydrogens (primary N) is 1. The molecular formula is C30H33N7O2. The van der Waals surface area contributed by atoms with Crippen molar-refractivity contribution in [3.63, 3.8) is 0 Å². The fraction of sp³-hybridized carbons (Fsp3) is 0.333. The number of nitrogens with zero attached hydrogens (tertiary/aromatic N) is 5. The molecule has 2 aliphatic rings. The van der Waals surface area contributed by atoms with E-state index in [1.165, 1.54) is 24.0 Å². The summed E-state index contributed by atoms with van der Waals surface area (Å²) in [6.45, 7) is 2.56. The van der Waals surface area contributed by atoms with Gasteiger partial charge in [0.1, 0.15) is 11.3 Å². The van der Waals surface area contributed by atoms with Gasteiger partial charge in [0.25, 0.3) is 0 Å². The number of carbonyl (C=O) groups is 1. The molecule has 4 heterocycles. The number of aromatic nitrogens is 4. The van der Waals surface area contributed by atoms with Gasteiger partial charge >= 0.3 is 6.09 Å². The van der Waals surface area contributed by atoms with Gasteiger partial charge in [-0.2, -0.15) is 0 Å². The van der Waals surface area contributed by atoms with Gasteiger partial charge in [-0.15, -0.1) is 0 Å². The van der Waals surface area contributed by atoms with E-state index in [0.717, 1.165) is 79.3 Å². The van der Waals surface area contributed by atoms with Crippen LogP contribution in [0.15, 0.2) is 60.8 Å². The van der Waals surface area contributed by atoms with Crippen LogP contribution in [0.5, 0.6) is 0 Å². The number of rotatable bonds is 6. The Kier molecular flexibility index (Phi) is 6.98. The van der Waals surface area contributed by atoms with Crippen LogP contribution in [-0.2, 0) is 6.54 Å². The number of nitrogen functional groups attached to an aromatic ring is 1. The molecule has 1 aliphatic heterocycles. The van der Waals surface area contributed by atoms with Crippen molar-refractivity contribution in [2.45, 2.75) is 51.1 Å². The smallest absolute Gasteiger partial charge is 0.404 e. The summed E-state index contributed by atoms with van der Waals surface area (Å²) in [5, 5.41) is 11.6. The highest BCUT2D eigenvalue weighted by atomic mass is 16.4. The van der Waals surface area contributed by atoms with Gasteiger partial charge in [0, 0.05) is 37.6 Å². The van der Waals surface area contributed by atoms with E-state index in [1.807, 2.05) is 12.1 Å². The lowest BCUT2D eigenvalue weighted by Crippen LogP contribution is -2.43. The second-order valence-electron chi connectivity index (χ2n) is 10.4. The van der Waals surface area contributed by atoms with Crippen LogP contribution < -0.4 is 11.1 Å². The zero-order valence-electron chi connectivity index (χ0n) is 21.9. The Balaban J connectivity index is 1.32. The number of pyridine rings is 2. The summed E-state index contributed by atoms with van der Waals surface area (Å²) >= 11 is 0. The van der Waals surface area contributed by atoms with Crippen LogP contribution in [0.4, 0.5) is 10.6 Å². The minimum absolute atomic E-state index is 0.0377.